The topological polar surface area (TPSA) is 38.9 Å². The minimum Gasteiger partial charge on any atom is -0.383 e. The molecule has 1 heterocycles. The van der Waals surface area contributed by atoms with E-state index in [4.69, 9.17) is 28.9 Å². The van der Waals surface area contributed by atoms with Crippen LogP contribution in [0.5, 0.6) is 0 Å². The van der Waals surface area contributed by atoms with Gasteiger partial charge in [0.05, 0.1) is 0 Å². The van der Waals surface area contributed by atoms with E-state index in [9.17, 15) is 0 Å². The first-order valence-electron chi connectivity index (χ1n) is 4.34. The summed E-state index contributed by atoms with van der Waals surface area (Å²) in [6.45, 7) is 0. The Bertz CT molecular complexity index is 477. The Balaban J connectivity index is 2.59. The van der Waals surface area contributed by atoms with Gasteiger partial charge in [0.2, 0.25) is 0 Å². The number of nitrogens with two attached hydrogens (primary N) is 1. The van der Waals surface area contributed by atoms with Crippen LogP contribution in [0.1, 0.15) is 0 Å². The van der Waals surface area contributed by atoms with E-state index < -0.39 is 0 Å². The predicted octanol–water partition coefficient (Wildman–Crippen LogP) is 3.64. The van der Waals surface area contributed by atoms with E-state index in [-0.39, 0.29) is 0 Å². The van der Waals surface area contributed by atoms with Crippen LogP contribution in [-0.2, 0) is 0 Å². The molecule has 15 heavy (non-hydrogen) atoms. The van der Waals surface area contributed by atoms with Crippen LogP contribution in [-0.4, -0.2) is 4.98 Å². The third-order valence-corrected chi connectivity index (χ3v) is 2.45. The Labute approximate surface area is 97.7 Å². The summed E-state index contributed by atoms with van der Waals surface area (Å²) in [5, 5.41) is 1.17. The first-order chi connectivity index (χ1) is 7.16. The van der Waals surface area contributed by atoms with Crippen molar-refractivity contribution in [3.05, 3.63) is 46.6 Å². The smallest absolute Gasteiger partial charge is 0.131 e. The highest BCUT2D eigenvalue weighted by Gasteiger charge is 2.04. The lowest BCUT2D eigenvalue weighted by Gasteiger charge is -2.05. The number of benzene rings is 1. The average Bonchev–Trinajstić information content (AvgIpc) is 2.16. The molecule has 0 radical (unpaired) electrons. The van der Waals surface area contributed by atoms with Crippen molar-refractivity contribution >= 4 is 29.0 Å². The fourth-order valence-corrected chi connectivity index (χ4v) is 1.90. The molecule has 2 nitrogen and oxygen atoms in total. The zero-order chi connectivity index (χ0) is 10.8. The zero-order valence-corrected chi connectivity index (χ0v) is 9.26. The summed E-state index contributed by atoms with van der Waals surface area (Å²) in [5.74, 6) is 0.468. The SMILES string of the molecule is Nc1ncccc1-c1cc(Cl)cc(Cl)c1. The van der Waals surface area contributed by atoms with Crippen molar-refractivity contribution in [3.63, 3.8) is 0 Å². The van der Waals surface area contributed by atoms with Gasteiger partial charge in [-0.05, 0) is 35.9 Å². The number of hydrogen-bond donors (Lipinski definition) is 1. The van der Waals surface area contributed by atoms with Gasteiger partial charge in [-0.25, -0.2) is 4.98 Å². The van der Waals surface area contributed by atoms with Gasteiger partial charge >= 0.3 is 0 Å². The molecule has 76 valence electrons. The monoisotopic (exact) mass is 238 g/mol. The molecule has 0 spiro atoms. The number of anilines is 1. The Kier molecular flexibility index (Phi) is 2.80. The van der Waals surface area contributed by atoms with Gasteiger partial charge in [0.25, 0.3) is 0 Å². The van der Waals surface area contributed by atoms with Gasteiger partial charge in [-0.2, -0.15) is 0 Å². The molecule has 0 aliphatic carbocycles. The van der Waals surface area contributed by atoms with Gasteiger partial charge in [0.1, 0.15) is 5.82 Å². The molecule has 2 N–H and O–H groups in total. The molecule has 0 saturated carbocycles. The molecule has 2 rings (SSSR count). The fraction of sp³-hybridized carbons (Fsp3) is 0. The molecule has 0 amide bonds. The van der Waals surface area contributed by atoms with E-state index >= 15 is 0 Å². The van der Waals surface area contributed by atoms with Crippen LogP contribution in [0, 0.1) is 0 Å². The standard InChI is InChI=1S/C11H8Cl2N2/c12-8-4-7(5-9(13)6-8)10-2-1-3-15-11(10)14/h1-6H,(H2,14,15). The van der Waals surface area contributed by atoms with E-state index in [1.807, 2.05) is 12.1 Å². The predicted molar refractivity (Wildman–Crippen MR) is 64.1 cm³/mol. The molecule has 2 aromatic rings. The maximum atomic E-state index is 5.91. The number of nitrogens with zero attached hydrogens (tertiary/aromatic N) is 1. The molecule has 0 bridgehead atoms. The van der Waals surface area contributed by atoms with Gasteiger partial charge in [-0.1, -0.05) is 23.2 Å². The van der Waals surface area contributed by atoms with Gasteiger partial charge < -0.3 is 5.73 Å². The van der Waals surface area contributed by atoms with Crippen molar-refractivity contribution in [2.45, 2.75) is 0 Å². The van der Waals surface area contributed by atoms with Crippen LogP contribution in [0.3, 0.4) is 0 Å². The van der Waals surface area contributed by atoms with E-state index in [0.717, 1.165) is 11.1 Å². The second-order valence-corrected chi connectivity index (χ2v) is 3.97. The van der Waals surface area contributed by atoms with Gasteiger partial charge in [0.15, 0.2) is 0 Å². The summed E-state index contributed by atoms with van der Waals surface area (Å²) < 4.78 is 0. The van der Waals surface area contributed by atoms with E-state index in [1.54, 1.807) is 24.4 Å². The molecular formula is C11H8Cl2N2. The van der Waals surface area contributed by atoms with Crippen LogP contribution in [0.2, 0.25) is 10.0 Å². The molecule has 4 heteroatoms. The summed E-state index contributed by atoms with van der Waals surface area (Å²) in [5.41, 5.74) is 7.46. The normalized spacial score (nSPS) is 10.3. The molecule has 1 aromatic heterocycles. The summed E-state index contributed by atoms with van der Waals surface area (Å²) in [4.78, 5) is 4.01. The van der Waals surface area contributed by atoms with E-state index in [0.29, 0.717) is 15.9 Å². The van der Waals surface area contributed by atoms with Crippen molar-refractivity contribution in [2.75, 3.05) is 5.73 Å². The lowest BCUT2D eigenvalue weighted by atomic mass is 10.1. The highest BCUT2D eigenvalue weighted by Crippen LogP contribution is 2.29. The first-order valence-corrected chi connectivity index (χ1v) is 5.09. The van der Waals surface area contributed by atoms with Crippen molar-refractivity contribution in [2.24, 2.45) is 0 Å². The lowest BCUT2D eigenvalue weighted by molar-refractivity contribution is 1.34. The van der Waals surface area contributed by atoms with Crippen LogP contribution in [0.4, 0.5) is 5.82 Å². The number of aromatic nitrogens is 1. The van der Waals surface area contributed by atoms with Crippen molar-refractivity contribution in [1.29, 1.82) is 0 Å². The average molecular weight is 239 g/mol. The minimum atomic E-state index is 0.468. The third-order valence-electron chi connectivity index (χ3n) is 2.01. The summed E-state index contributed by atoms with van der Waals surface area (Å²) >= 11 is 11.8. The minimum absolute atomic E-state index is 0.468. The highest BCUT2D eigenvalue weighted by atomic mass is 35.5. The van der Waals surface area contributed by atoms with E-state index in [2.05, 4.69) is 4.98 Å². The second-order valence-electron chi connectivity index (χ2n) is 3.09. The fourth-order valence-electron chi connectivity index (χ4n) is 1.37. The maximum absolute atomic E-state index is 5.91. The molecule has 0 fully saturated rings. The highest BCUT2D eigenvalue weighted by molar-refractivity contribution is 6.35. The van der Waals surface area contributed by atoms with E-state index in [1.165, 1.54) is 0 Å². The van der Waals surface area contributed by atoms with Crippen LogP contribution < -0.4 is 5.73 Å². The maximum Gasteiger partial charge on any atom is 0.131 e. The Hall–Kier alpha value is -1.25. The zero-order valence-electron chi connectivity index (χ0n) is 7.74. The Morgan fingerprint density at radius 3 is 2.33 bits per heavy atom. The first kappa shape index (κ1) is 10.3. The number of pyridine rings is 1. The number of rotatable bonds is 1. The number of nitrogen functional groups attached to an aromatic ring is 1. The van der Waals surface area contributed by atoms with Crippen LogP contribution >= 0.6 is 23.2 Å². The van der Waals surface area contributed by atoms with Crippen LogP contribution in [0.15, 0.2) is 36.5 Å². The molecular weight excluding hydrogens is 231 g/mol. The Morgan fingerprint density at radius 2 is 1.73 bits per heavy atom. The molecule has 1 aromatic carbocycles. The molecule has 0 aliphatic rings. The van der Waals surface area contributed by atoms with Crippen molar-refractivity contribution < 1.29 is 0 Å². The third kappa shape index (κ3) is 2.22. The van der Waals surface area contributed by atoms with Crippen molar-refractivity contribution in [1.82, 2.24) is 4.98 Å². The summed E-state index contributed by atoms with van der Waals surface area (Å²) in [7, 11) is 0. The lowest BCUT2D eigenvalue weighted by Crippen LogP contribution is -1.92. The summed E-state index contributed by atoms with van der Waals surface area (Å²) in [6.07, 6.45) is 1.64. The number of hydrogen-bond acceptors (Lipinski definition) is 2. The molecule has 0 aliphatic heterocycles. The summed E-state index contributed by atoms with van der Waals surface area (Å²) in [6, 6.07) is 8.99. The van der Waals surface area contributed by atoms with Gasteiger partial charge in [0, 0.05) is 21.8 Å². The van der Waals surface area contributed by atoms with Crippen LogP contribution in [0.25, 0.3) is 11.1 Å². The Morgan fingerprint density at radius 1 is 1.07 bits per heavy atom. The molecule has 0 saturated heterocycles. The van der Waals surface area contributed by atoms with Crippen molar-refractivity contribution in [3.8, 4) is 11.1 Å². The second kappa shape index (κ2) is 4.09. The van der Waals surface area contributed by atoms with Gasteiger partial charge in [-0.3, -0.25) is 0 Å². The number of halogens is 2. The largest absolute Gasteiger partial charge is 0.383 e. The molecule has 0 unspecified atom stereocenters. The quantitative estimate of drug-likeness (QED) is 0.825. The van der Waals surface area contributed by atoms with Gasteiger partial charge in [-0.15, -0.1) is 0 Å². The molecule has 0 atom stereocenters.